The summed E-state index contributed by atoms with van der Waals surface area (Å²) in [5, 5.41) is 3.35. The minimum atomic E-state index is 0.299. The summed E-state index contributed by atoms with van der Waals surface area (Å²) in [5.74, 6) is 0.683. The fraction of sp³-hybridized carbons (Fsp3) is 0.231. The number of benzene rings is 1. The number of hydrogen-bond donors (Lipinski definition) is 2. The number of aryl methyl sites for hydroxylation is 1. The molecular formula is C13H14N4. The average molecular weight is 226 g/mol. The van der Waals surface area contributed by atoms with Gasteiger partial charge in [0.25, 0.3) is 0 Å². The maximum Gasteiger partial charge on any atom is 0.223 e. The molecule has 1 heterocycles. The van der Waals surface area contributed by atoms with E-state index in [0.29, 0.717) is 12.0 Å². The van der Waals surface area contributed by atoms with E-state index in [2.05, 4.69) is 27.4 Å². The molecule has 1 aromatic carbocycles. The van der Waals surface area contributed by atoms with Crippen LogP contribution in [0, 0.1) is 0 Å². The highest BCUT2D eigenvalue weighted by Gasteiger charge is 2.22. The van der Waals surface area contributed by atoms with E-state index in [4.69, 9.17) is 5.73 Å². The minimum Gasteiger partial charge on any atom is -0.399 e. The lowest BCUT2D eigenvalue weighted by molar-refractivity contribution is 0.751. The maximum absolute atomic E-state index is 5.78. The van der Waals surface area contributed by atoms with Crippen LogP contribution in [0.1, 0.15) is 23.6 Å². The predicted molar refractivity (Wildman–Crippen MR) is 67.6 cm³/mol. The molecule has 1 aromatic heterocycles. The van der Waals surface area contributed by atoms with Crippen LogP contribution in [-0.4, -0.2) is 9.97 Å². The van der Waals surface area contributed by atoms with E-state index in [1.807, 2.05) is 12.1 Å². The van der Waals surface area contributed by atoms with Crippen molar-refractivity contribution in [3.05, 3.63) is 47.8 Å². The molecule has 1 unspecified atom stereocenters. The van der Waals surface area contributed by atoms with Crippen molar-refractivity contribution in [1.82, 2.24) is 9.97 Å². The summed E-state index contributed by atoms with van der Waals surface area (Å²) in [7, 11) is 0. The molecule has 0 bridgehead atoms. The number of anilines is 2. The Kier molecular flexibility index (Phi) is 2.40. The zero-order valence-electron chi connectivity index (χ0n) is 9.43. The number of hydrogen-bond acceptors (Lipinski definition) is 4. The molecule has 1 atom stereocenters. The Bertz CT molecular complexity index is 524. The maximum atomic E-state index is 5.78. The highest BCUT2D eigenvalue weighted by molar-refractivity contribution is 5.49. The molecule has 0 saturated carbocycles. The number of fused-ring (bicyclic) bond motifs is 1. The molecule has 1 aliphatic carbocycles. The van der Waals surface area contributed by atoms with Gasteiger partial charge in [0.05, 0.1) is 6.04 Å². The smallest absolute Gasteiger partial charge is 0.223 e. The standard InChI is InChI=1S/C13H14N4/c14-10-3-4-11-9(8-10)2-5-12(11)17-13-15-6-1-7-16-13/h1,3-4,6-8,12H,2,5,14H2,(H,15,16,17). The summed E-state index contributed by atoms with van der Waals surface area (Å²) in [5.41, 5.74) is 9.26. The molecule has 0 saturated heterocycles. The summed E-state index contributed by atoms with van der Waals surface area (Å²) < 4.78 is 0. The molecule has 0 aliphatic heterocycles. The molecule has 0 fully saturated rings. The van der Waals surface area contributed by atoms with Gasteiger partial charge in [-0.15, -0.1) is 0 Å². The Balaban J connectivity index is 1.85. The van der Waals surface area contributed by atoms with Crippen molar-refractivity contribution < 1.29 is 0 Å². The summed E-state index contributed by atoms with van der Waals surface area (Å²) in [6.45, 7) is 0. The van der Waals surface area contributed by atoms with E-state index in [1.54, 1.807) is 12.4 Å². The van der Waals surface area contributed by atoms with Crippen molar-refractivity contribution in [3.63, 3.8) is 0 Å². The fourth-order valence-electron chi connectivity index (χ4n) is 2.32. The lowest BCUT2D eigenvalue weighted by Gasteiger charge is -2.13. The van der Waals surface area contributed by atoms with E-state index in [0.717, 1.165) is 18.5 Å². The topological polar surface area (TPSA) is 63.8 Å². The predicted octanol–water partition coefficient (Wildman–Crippen LogP) is 2.16. The quantitative estimate of drug-likeness (QED) is 0.770. The van der Waals surface area contributed by atoms with Crippen LogP contribution in [0.3, 0.4) is 0 Å². The van der Waals surface area contributed by atoms with Crippen LogP contribution in [0.25, 0.3) is 0 Å². The first kappa shape index (κ1) is 10.1. The monoisotopic (exact) mass is 226 g/mol. The van der Waals surface area contributed by atoms with Crippen molar-refractivity contribution in [2.75, 3.05) is 11.1 Å². The van der Waals surface area contributed by atoms with Gasteiger partial charge in [-0.05, 0) is 42.2 Å². The first-order valence-corrected chi connectivity index (χ1v) is 5.75. The van der Waals surface area contributed by atoms with E-state index in [1.165, 1.54) is 11.1 Å². The number of nitrogens with two attached hydrogens (primary N) is 1. The zero-order valence-corrected chi connectivity index (χ0v) is 9.43. The van der Waals surface area contributed by atoms with Crippen molar-refractivity contribution in [2.24, 2.45) is 0 Å². The Hall–Kier alpha value is -2.10. The Morgan fingerprint density at radius 1 is 1.24 bits per heavy atom. The number of nitrogens with one attached hydrogen (secondary N) is 1. The highest BCUT2D eigenvalue weighted by Crippen LogP contribution is 2.34. The minimum absolute atomic E-state index is 0.299. The molecule has 4 heteroatoms. The number of aromatic nitrogens is 2. The molecule has 86 valence electrons. The van der Waals surface area contributed by atoms with Crippen molar-refractivity contribution >= 4 is 11.6 Å². The molecular weight excluding hydrogens is 212 g/mol. The van der Waals surface area contributed by atoms with E-state index < -0.39 is 0 Å². The van der Waals surface area contributed by atoms with Gasteiger partial charge in [-0.3, -0.25) is 0 Å². The third kappa shape index (κ3) is 1.93. The van der Waals surface area contributed by atoms with Crippen LogP contribution >= 0.6 is 0 Å². The summed E-state index contributed by atoms with van der Waals surface area (Å²) in [6.07, 6.45) is 5.62. The van der Waals surface area contributed by atoms with Crippen molar-refractivity contribution in [3.8, 4) is 0 Å². The Morgan fingerprint density at radius 2 is 2.06 bits per heavy atom. The molecule has 4 nitrogen and oxygen atoms in total. The molecule has 2 aromatic rings. The van der Waals surface area contributed by atoms with Gasteiger partial charge in [0.15, 0.2) is 0 Å². The Morgan fingerprint density at radius 3 is 2.88 bits per heavy atom. The van der Waals surface area contributed by atoms with Gasteiger partial charge in [0, 0.05) is 18.1 Å². The number of rotatable bonds is 2. The second-order valence-corrected chi connectivity index (χ2v) is 4.27. The molecule has 3 N–H and O–H groups in total. The van der Waals surface area contributed by atoms with Crippen molar-refractivity contribution in [1.29, 1.82) is 0 Å². The lowest BCUT2D eigenvalue weighted by Crippen LogP contribution is -2.09. The van der Waals surface area contributed by atoms with Crippen LogP contribution in [0.15, 0.2) is 36.7 Å². The van der Waals surface area contributed by atoms with Crippen LogP contribution in [0.4, 0.5) is 11.6 Å². The SMILES string of the molecule is Nc1ccc2c(c1)CCC2Nc1ncccn1. The largest absolute Gasteiger partial charge is 0.399 e. The second kappa shape index (κ2) is 4.05. The van der Waals surface area contributed by atoms with E-state index in [-0.39, 0.29) is 0 Å². The third-order valence-corrected chi connectivity index (χ3v) is 3.11. The van der Waals surface area contributed by atoms with Gasteiger partial charge in [-0.1, -0.05) is 6.07 Å². The summed E-state index contributed by atoms with van der Waals surface area (Å²) in [6, 6.07) is 8.22. The van der Waals surface area contributed by atoms with Crippen LogP contribution in [0.5, 0.6) is 0 Å². The molecule has 0 amide bonds. The van der Waals surface area contributed by atoms with Crippen LogP contribution in [-0.2, 0) is 6.42 Å². The fourth-order valence-corrected chi connectivity index (χ4v) is 2.32. The summed E-state index contributed by atoms with van der Waals surface area (Å²) in [4.78, 5) is 8.37. The zero-order chi connectivity index (χ0) is 11.7. The average Bonchev–Trinajstić information content (AvgIpc) is 2.73. The first-order chi connectivity index (χ1) is 8.33. The van der Waals surface area contributed by atoms with E-state index in [9.17, 15) is 0 Å². The van der Waals surface area contributed by atoms with Gasteiger partial charge in [-0.2, -0.15) is 0 Å². The lowest BCUT2D eigenvalue weighted by atomic mass is 10.1. The van der Waals surface area contributed by atoms with Gasteiger partial charge in [-0.25, -0.2) is 9.97 Å². The molecule has 0 spiro atoms. The molecule has 0 radical (unpaired) electrons. The first-order valence-electron chi connectivity index (χ1n) is 5.75. The Labute approximate surface area is 99.9 Å². The second-order valence-electron chi connectivity index (χ2n) is 4.27. The molecule has 17 heavy (non-hydrogen) atoms. The molecule has 1 aliphatic rings. The third-order valence-electron chi connectivity index (χ3n) is 3.11. The highest BCUT2D eigenvalue weighted by atomic mass is 15.1. The normalized spacial score (nSPS) is 17.8. The van der Waals surface area contributed by atoms with Gasteiger partial charge >= 0.3 is 0 Å². The van der Waals surface area contributed by atoms with Gasteiger partial charge in [0.1, 0.15) is 0 Å². The van der Waals surface area contributed by atoms with Gasteiger partial charge < -0.3 is 11.1 Å². The van der Waals surface area contributed by atoms with Crippen LogP contribution in [0.2, 0.25) is 0 Å². The van der Waals surface area contributed by atoms with Crippen LogP contribution < -0.4 is 11.1 Å². The number of nitrogen functional groups attached to an aromatic ring is 1. The van der Waals surface area contributed by atoms with E-state index >= 15 is 0 Å². The van der Waals surface area contributed by atoms with Gasteiger partial charge in [0.2, 0.25) is 5.95 Å². The molecule has 3 rings (SSSR count). The summed E-state index contributed by atoms with van der Waals surface area (Å²) >= 11 is 0. The number of nitrogens with zero attached hydrogens (tertiary/aromatic N) is 2. The van der Waals surface area contributed by atoms with Crippen molar-refractivity contribution in [2.45, 2.75) is 18.9 Å².